The molecule has 0 bridgehead atoms. The molecule has 2 aromatic carbocycles. The highest BCUT2D eigenvalue weighted by Crippen LogP contribution is 2.41. The zero-order valence-electron chi connectivity index (χ0n) is 12.5. The summed E-state index contributed by atoms with van der Waals surface area (Å²) in [6.07, 6.45) is -7.62. The molecule has 1 unspecified atom stereocenters. The van der Waals surface area contributed by atoms with Crippen LogP contribution in [0.15, 0.2) is 36.4 Å². The van der Waals surface area contributed by atoms with Crippen molar-refractivity contribution < 1.29 is 27.7 Å². The Morgan fingerprint density at radius 2 is 1.92 bits per heavy atom. The maximum atomic E-state index is 12.6. The second-order valence-electron chi connectivity index (χ2n) is 5.03. The quantitative estimate of drug-likeness (QED) is 0.448. The Balaban J connectivity index is 2.40. The average molecular weight is 412 g/mol. The van der Waals surface area contributed by atoms with E-state index < -0.39 is 28.6 Å². The molecule has 134 valence electrons. The van der Waals surface area contributed by atoms with E-state index in [0.717, 1.165) is 18.2 Å². The van der Waals surface area contributed by atoms with Gasteiger partial charge in [-0.3, -0.25) is 10.1 Å². The van der Waals surface area contributed by atoms with Gasteiger partial charge in [0.05, 0.1) is 33.1 Å². The summed E-state index contributed by atoms with van der Waals surface area (Å²) in [4.78, 5) is 20.3. The average Bonchev–Trinajstić information content (AvgIpc) is 2.47. The first-order valence-corrected chi connectivity index (χ1v) is 10.1. The van der Waals surface area contributed by atoms with Crippen LogP contribution >= 0.6 is 17.9 Å². The molecular weight excluding hydrogens is 402 g/mol. The van der Waals surface area contributed by atoms with Crippen LogP contribution in [0.2, 0.25) is 5.02 Å². The summed E-state index contributed by atoms with van der Waals surface area (Å²) in [7, 11) is 0. The van der Waals surface area contributed by atoms with Gasteiger partial charge in [-0.1, -0.05) is 23.4 Å². The molecule has 0 radical (unpaired) electrons. The van der Waals surface area contributed by atoms with Crippen molar-refractivity contribution in [3.05, 3.63) is 57.1 Å². The lowest BCUT2D eigenvalue weighted by molar-refractivity contribution is -0.383. The molecular formula is C14H10ClF3NO4PS. The molecule has 0 fully saturated rings. The van der Waals surface area contributed by atoms with Crippen LogP contribution in [0.4, 0.5) is 18.9 Å². The number of rotatable bonds is 4. The molecule has 0 saturated carbocycles. The van der Waals surface area contributed by atoms with E-state index in [0.29, 0.717) is 6.07 Å². The third kappa shape index (κ3) is 4.70. The first kappa shape index (κ1) is 19.7. The maximum absolute atomic E-state index is 12.6. The topological polar surface area (TPSA) is 72.6 Å². The second-order valence-corrected chi connectivity index (χ2v) is 9.81. The van der Waals surface area contributed by atoms with Crippen LogP contribution in [0.3, 0.4) is 0 Å². The molecule has 0 aromatic heterocycles. The van der Waals surface area contributed by atoms with Gasteiger partial charge in [0.2, 0.25) is 0 Å². The van der Waals surface area contributed by atoms with Gasteiger partial charge in [-0.2, -0.15) is 13.2 Å². The Morgan fingerprint density at radius 1 is 1.28 bits per heavy atom. The number of nitrogens with zero attached hydrogens (tertiary/aromatic N) is 1. The Morgan fingerprint density at radius 3 is 2.40 bits per heavy atom. The summed E-state index contributed by atoms with van der Waals surface area (Å²) in [5.74, 6) is -0.128. The van der Waals surface area contributed by atoms with Crippen LogP contribution in [-0.4, -0.2) is 16.5 Å². The Bertz CT molecular complexity index is 885. The molecule has 0 aliphatic carbocycles. The molecule has 2 rings (SSSR count). The first-order chi connectivity index (χ1) is 11.4. The predicted molar refractivity (Wildman–Crippen MR) is 91.7 cm³/mol. The largest absolute Gasteiger partial charge is 0.456 e. The highest BCUT2D eigenvalue weighted by Gasteiger charge is 2.31. The molecule has 0 saturated heterocycles. The van der Waals surface area contributed by atoms with Crippen molar-refractivity contribution in [1.82, 2.24) is 0 Å². The molecule has 1 N–H and O–H groups in total. The number of nitro groups is 1. The molecule has 0 aliphatic rings. The van der Waals surface area contributed by atoms with Crippen molar-refractivity contribution in [3.63, 3.8) is 0 Å². The van der Waals surface area contributed by atoms with Gasteiger partial charge in [0, 0.05) is 0 Å². The lowest BCUT2D eigenvalue weighted by atomic mass is 10.2. The number of benzene rings is 2. The van der Waals surface area contributed by atoms with E-state index in [1.54, 1.807) is 0 Å². The van der Waals surface area contributed by atoms with E-state index in [9.17, 15) is 28.2 Å². The van der Waals surface area contributed by atoms with Gasteiger partial charge < -0.3 is 9.63 Å². The molecule has 11 heteroatoms. The minimum absolute atomic E-state index is 0.00151. The number of halogens is 4. The summed E-state index contributed by atoms with van der Waals surface area (Å²) in [5, 5.41) is 10.9. The first-order valence-electron chi connectivity index (χ1n) is 6.53. The van der Waals surface area contributed by atoms with E-state index in [2.05, 4.69) is 0 Å². The van der Waals surface area contributed by atoms with Gasteiger partial charge in [-0.05, 0) is 37.0 Å². The van der Waals surface area contributed by atoms with Gasteiger partial charge >= 0.3 is 6.18 Å². The smallest absolute Gasteiger partial charge is 0.416 e. The van der Waals surface area contributed by atoms with Crippen LogP contribution in [0, 0.1) is 10.1 Å². The third-order valence-corrected chi connectivity index (χ3v) is 5.24. The minimum Gasteiger partial charge on any atom is -0.456 e. The fourth-order valence-corrected chi connectivity index (χ4v) is 3.56. The van der Waals surface area contributed by atoms with Crippen LogP contribution in [0.25, 0.3) is 0 Å². The van der Waals surface area contributed by atoms with E-state index in [-0.39, 0.29) is 21.8 Å². The molecule has 0 heterocycles. The van der Waals surface area contributed by atoms with E-state index >= 15 is 0 Å². The third-order valence-electron chi connectivity index (χ3n) is 3.08. The number of hydrogen-bond donors (Lipinski definition) is 1. The zero-order valence-corrected chi connectivity index (χ0v) is 14.9. The molecule has 1 atom stereocenters. The SMILES string of the molecule is CP(O)(=S)c1ccc(Oc2ccc(C(F)(F)F)cc2Cl)cc1[N+](=O)[O-]. The second kappa shape index (κ2) is 6.92. The van der Waals surface area contributed by atoms with Crippen molar-refractivity contribution >= 4 is 40.7 Å². The van der Waals surface area contributed by atoms with Gasteiger partial charge in [0.1, 0.15) is 11.5 Å². The number of nitro benzene ring substituents is 1. The van der Waals surface area contributed by atoms with Gasteiger partial charge in [0.25, 0.3) is 5.69 Å². The van der Waals surface area contributed by atoms with E-state index in [1.807, 2.05) is 0 Å². The molecule has 5 nitrogen and oxygen atoms in total. The van der Waals surface area contributed by atoms with Crippen LogP contribution in [0.5, 0.6) is 11.5 Å². The van der Waals surface area contributed by atoms with E-state index in [4.69, 9.17) is 28.1 Å². The minimum atomic E-state index is -4.55. The highest BCUT2D eigenvalue weighted by atomic mass is 35.5. The molecule has 25 heavy (non-hydrogen) atoms. The number of alkyl halides is 3. The summed E-state index contributed by atoms with van der Waals surface area (Å²) < 4.78 is 43.2. The standard InChI is InChI=1S/C14H10ClF3NO4PS/c1-24(22,25)13-5-3-9(7-11(13)19(20)21)23-12-4-2-8(6-10(12)15)14(16,17)18/h2-7H,1H3,(H,22,25). The number of hydrogen-bond acceptors (Lipinski definition) is 4. The molecule has 0 amide bonds. The molecule has 0 aliphatic heterocycles. The number of ether oxygens (including phenoxy) is 1. The van der Waals surface area contributed by atoms with Crippen molar-refractivity contribution in [3.8, 4) is 11.5 Å². The highest BCUT2D eigenvalue weighted by molar-refractivity contribution is 8.15. The van der Waals surface area contributed by atoms with E-state index in [1.165, 1.54) is 18.8 Å². The van der Waals surface area contributed by atoms with Gasteiger partial charge in [-0.15, -0.1) is 0 Å². The van der Waals surface area contributed by atoms with Crippen molar-refractivity contribution in [2.75, 3.05) is 6.66 Å². The van der Waals surface area contributed by atoms with Crippen molar-refractivity contribution in [2.45, 2.75) is 6.18 Å². The lowest BCUT2D eigenvalue weighted by Crippen LogP contribution is -2.09. The summed E-state index contributed by atoms with van der Waals surface area (Å²) in [6, 6.07) is 6.09. The molecule has 0 spiro atoms. The lowest BCUT2D eigenvalue weighted by Gasteiger charge is -2.13. The van der Waals surface area contributed by atoms with Gasteiger partial charge in [-0.25, -0.2) is 0 Å². The summed E-state index contributed by atoms with van der Waals surface area (Å²) in [6.45, 7) is 1.32. The maximum Gasteiger partial charge on any atom is 0.416 e. The van der Waals surface area contributed by atoms with Crippen molar-refractivity contribution in [2.24, 2.45) is 0 Å². The van der Waals surface area contributed by atoms with Crippen LogP contribution in [0.1, 0.15) is 5.56 Å². The van der Waals surface area contributed by atoms with Crippen LogP contribution < -0.4 is 10.0 Å². The fraction of sp³-hybridized carbons (Fsp3) is 0.143. The summed E-state index contributed by atoms with van der Waals surface area (Å²) in [5.41, 5.74) is -1.38. The fourth-order valence-electron chi connectivity index (χ4n) is 1.95. The monoisotopic (exact) mass is 411 g/mol. The van der Waals surface area contributed by atoms with Crippen molar-refractivity contribution in [1.29, 1.82) is 0 Å². The zero-order chi connectivity index (χ0) is 19.0. The Hall–Kier alpha value is -1.67. The Labute approximate surface area is 150 Å². The summed E-state index contributed by atoms with van der Waals surface area (Å²) >= 11 is 10.7. The van der Waals surface area contributed by atoms with Gasteiger partial charge in [0.15, 0.2) is 0 Å². The molecule has 2 aromatic rings. The normalized spacial score (nSPS) is 14.0. The van der Waals surface area contributed by atoms with Crippen LogP contribution in [-0.2, 0) is 18.0 Å². The predicted octanol–water partition coefficient (Wildman–Crippen LogP) is 4.70. The Kier molecular flexibility index (Phi) is 5.44.